The van der Waals surface area contributed by atoms with Crippen molar-refractivity contribution in [1.29, 1.82) is 0 Å². The second kappa shape index (κ2) is 5.34. The lowest BCUT2D eigenvalue weighted by molar-refractivity contribution is -0.385. The number of pyridine rings is 1. The first kappa shape index (κ1) is 13.5. The SMILES string of the molecule is CCn1cc(NC(=O)c2cc(N)ncc2[N+](=O)[O-])cn1. The molecule has 0 spiro atoms. The molecular formula is C11H12N6O3. The molecule has 0 saturated carbocycles. The molecule has 3 N–H and O–H groups in total. The van der Waals surface area contributed by atoms with Crippen molar-refractivity contribution in [3.05, 3.63) is 40.3 Å². The topological polar surface area (TPSA) is 129 Å². The van der Waals surface area contributed by atoms with Crippen LogP contribution in [0.1, 0.15) is 17.3 Å². The van der Waals surface area contributed by atoms with Gasteiger partial charge in [-0.1, -0.05) is 0 Å². The van der Waals surface area contributed by atoms with Crippen molar-refractivity contribution in [2.45, 2.75) is 13.5 Å². The van der Waals surface area contributed by atoms with E-state index >= 15 is 0 Å². The first-order valence-electron chi connectivity index (χ1n) is 5.75. The van der Waals surface area contributed by atoms with Gasteiger partial charge in [0.2, 0.25) is 0 Å². The molecule has 0 aliphatic carbocycles. The molecule has 0 atom stereocenters. The third-order valence-corrected chi connectivity index (χ3v) is 2.56. The lowest BCUT2D eigenvalue weighted by Crippen LogP contribution is -2.14. The molecule has 2 heterocycles. The molecule has 104 valence electrons. The van der Waals surface area contributed by atoms with Gasteiger partial charge in [-0.3, -0.25) is 19.6 Å². The minimum absolute atomic E-state index is 0.0324. The Morgan fingerprint density at radius 2 is 2.30 bits per heavy atom. The summed E-state index contributed by atoms with van der Waals surface area (Å²) < 4.78 is 1.62. The molecule has 0 aromatic carbocycles. The van der Waals surface area contributed by atoms with E-state index in [1.807, 2.05) is 6.92 Å². The smallest absolute Gasteiger partial charge is 0.300 e. The highest BCUT2D eigenvalue weighted by Gasteiger charge is 2.21. The third kappa shape index (κ3) is 2.71. The molecule has 2 aromatic heterocycles. The molecule has 0 saturated heterocycles. The Kier molecular flexibility index (Phi) is 3.60. The van der Waals surface area contributed by atoms with E-state index in [2.05, 4.69) is 15.4 Å². The number of hydrogen-bond donors (Lipinski definition) is 2. The van der Waals surface area contributed by atoms with E-state index in [-0.39, 0.29) is 11.4 Å². The number of hydrogen-bond acceptors (Lipinski definition) is 6. The zero-order chi connectivity index (χ0) is 14.7. The summed E-state index contributed by atoms with van der Waals surface area (Å²) in [6, 6.07) is 1.16. The number of carbonyl (C=O) groups excluding carboxylic acids is 1. The van der Waals surface area contributed by atoms with Crippen LogP contribution in [0.2, 0.25) is 0 Å². The number of nitrogens with zero attached hydrogens (tertiary/aromatic N) is 4. The standard InChI is InChI=1S/C11H12N6O3/c1-2-16-6-7(4-14-16)15-11(18)8-3-10(12)13-5-9(8)17(19)20/h3-6H,2H2,1H3,(H2,12,13)(H,15,18). The van der Waals surface area contributed by atoms with Gasteiger partial charge in [-0.05, 0) is 13.0 Å². The molecule has 2 rings (SSSR count). The predicted octanol–water partition coefficient (Wildman–Crippen LogP) is 1.04. The van der Waals surface area contributed by atoms with Gasteiger partial charge in [0.1, 0.15) is 17.6 Å². The highest BCUT2D eigenvalue weighted by molar-refractivity contribution is 6.07. The molecule has 9 heteroatoms. The van der Waals surface area contributed by atoms with Gasteiger partial charge < -0.3 is 11.1 Å². The van der Waals surface area contributed by atoms with Gasteiger partial charge in [0.25, 0.3) is 11.6 Å². The summed E-state index contributed by atoms with van der Waals surface area (Å²) in [5.74, 6) is -0.605. The van der Waals surface area contributed by atoms with Crippen molar-refractivity contribution in [1.82, 2.24) is 14.8 Å². The quantitative estimate of drug-likeness (QED) is 0.634. The van der Waals surface area contributed by atoms with E-state index in [9.17, 15) is 14.9 Å². The number of nitrogens with two attached hydrogens (primary N) is 1. The molecular weight excluding hydrogens is 264 g/mol. The predicted molar refractivity (Wildman–Crippen MR) is 71.2 cm³/mol. The fraction of sp³-hybridized carbons (Fsp3) is 0.182. The average Bonchev–Trinajstić information content (AvgIpc) is 2.85. The average molecular weight is 276 g/mol. The van der Waals surface area contributed by atoms with Crippen LogP contribution in [0.25, 0.3) is 0 Å². The van der Waals surface area contributed by atoms with E-state index in [1.165, 1.54) is 6.20 Å². The van der Waals surface area contributed by atoms with Crippen LogP contribution in [-0.4, -0.2) is 25.6 Å². The number of nitrogen functional groups attached to an aromatic ring is 1. The highest BCUT2D eigenvalue weighted by atomic mass is 16.6. The summed E-state index contributed by atoms with van der Waals surface area (Å²) in [5, 5.41) is 17.4. The summed E-state index contributed by atoms with van der Waals surface area (Å²) in [4.78, 5) is 25.8. The normalized spacial score (nSPS) is 10.2. The Morgan fingerprint density at radius 1 is 1.55 bits per heavy atom. The van der Waals surface area contributed by atoms with Gasteiger partial charge in [0.15, 0.2) is 0 Å². The Hall–Kier alpha value is -2.97. The van der Waals surface area contributed by atoms with E-state index in [0.717, 1.165) is 12.3 Å². The Bertz CT molecular complexity index is 666. The van der Waals surface area contributed by atoms with Crippen LogP contribution in [-0.2, 0) is 6.54 Å². The number of aryl methyl sites for hydroxylation is 1. The first-order valence-corrected chi connectivity index (χ1v) is 5.75. The largest absolute Gasteiger partial charge is 0.384 e. The summed E-state index contributed by atoms with van der Waals surface area (Å²) in [5.41, 5.74) is 5.35. The van der Waals surface area contributed by atoms with E-state index in [4.69, 9.17) is 5.73 Å². The van der Waals surface area contributed by atoms with Crippen LogP contribution < -0.4 is 11.1 Å². The molecule has 9 nitrogen and oxygen atoms in total. The number of aromatic nitrogens is 3. The van der Waals surface area contributed by atoms with Crippen LogP contribution in [0.4, 0.5) is 17.2 Å². The summed E-state index contributed by atoms with van der Waals surface area (Å²) >= 11 is 0. The maximum atomic E-state index is 12.1. The van der Waals surface area contributed by atoms with Crippen molar-refractivity contribution < 1.29 is 9.72 Å². The Balaban J connectivity index is 2.28. The van der Waals surface area contributed by atoms with Gasteiger partial charge in [-0.15, -0.1) is 0 Å². The molecule has 0 fully saturated rings. The summed E-state index contributed by atoms with van der Waals surface area (Å²) in [6.07, 6.45) is 4.03. The Labute approximate surface area is 113 Å². The van der Waals surface area contributed by atoms with Crippen LogP contribution in [0.15, 0.2) is 24.7 Å². The molecule has 1 amide bonds. The fourth-order valence-electron chi connectivity index (χ4n) is 1.59. The van der Waals surface area contributed by atoms with Gasteiger partial charge in [0.05, 0.1) is 16.8 Å². The second-order valence-corrected chi connectivity index (χ2v) is 3.92. The molecule has 0 aliphatic heterocycles. The van der Waals surface area contributed by atoms with Gasteiger partial charge in [-0.2, -0.15) is 5.10 Å². The highest BCUT2D eigenvalue weighted by Crippen LogP contribution is 2.20. The molecule has 0 bridgehead atoms. The van der Waals surface area contributed by atoms with Gasteiger partial charge >= 0.3 is 0 Å². The molecule has 0 radical (unpaired) electrons. The van der Waals surface area contributed by atoms with Gasteiger partial charge in [0, 0.05) is 12.7 Å². The minimum Gasteiger partial charge on any atom is -0.384 e. The number of nitro groups is 1. The molecule has 2 aromatic rings. The van der Waals surface area contributed by atoms with Gasteiger partial charge in [-0.25, -0.2) is 4.98 Å². The second-order valence-electron chi connectivity index (χ2n) is 3.92. The number of nitrogens with one attached hydrogen (secondary N) is 1. The van der Waals surface area contributed by atoms with Crippen LogP contribution in [0, 0.1) is 10.1 Å². The number of amides is 1. The van der Waals surface area contributed by atoms with Crippen LogP contribution >= 0.6 is 0 Å². The summed E-state index contributed by atoms with van der Waals surface area (Å²) in [7, 11) is 0. The Morgan fingerprint density at radius 3 is 2.90 bits per heavy atom. The van der Waals surface area contributed by atoms with E-state index in [1.54, 1.807) is 10.9 Å². The van der Waals surface area contributed by atoms with E-state index in [0.29, 0.717) is 12.2 Å². The maximum absolute atomic E-state index is 12.1. The zero-order valence-electron chi connectivity index (χ0n) is 10.6. The van der Waals surface area contributed by atoms with Crippen molar-refractivity contribution in [3.8, 4) is 0 Å². The number of rotatable bonds is 4. The fourth-order valence-corrected chi connectivity index (χ4v) is 1.59. The van der Waals surface area contributed by atoms with E-state index < -0.39 is 16.5 Å². The van der Waals surface area contributed by atoms with Crippen LogP contribution in [0.3, 0.4) is 0 Å². The van der Waals surface area contributed by atoms with Crippen molar-refractivity contribution >= 4 is 23.1 Å². The van der Waals surface area contributed by atoms with Crippen molar-refractivity contribution in [2.75, 3.05) is 11.1 Å². The minimum atomic E-state index is -0.684. The molecule has 20 heavy (non-hydrogen) atoms. The van der Waals surface area contributed by atoms with Crippen LogP contribution in [0.5, 0.6) is 0 Å². The lowest BCUT2D eigenvalue weighted by Gasteiger charge is -2.04. The number of anilines is 2. The maximum Gasteiger partial charge on any atom is 0.300 e. The first-order chi connectivity index (χ1) is 9.51. The molecule has 0 aliphatic rings. The monoisotopic (exact) mass is 276 g/mol. The van der Waals surface area contributed by atoms with Crippen molar-refractivity contribution in [3.63, 3.8) is 0 Å². The third-order valence-electron chi connectivity index (χ3n) is 2.56. The summed E-state index contributed by atoms with van der Waals surface area (Å²) in [6.45, 7) is 2.55. The lowest BCUT2D eigenvalue weighted by atomic mass is 10.2. The van der Waals surface area contributed by atoms with Crippen molar-refractivity contribution in [2.24, 2.45) is 0 Å². The zero-order valence-corrected chi connectivity index (χ0v) is 10.6. The number of carbonyl (C=O) groups is 1. The molecule has 0 unspecified atom stereocenters.